The fourth-order valence-electron chi connectivity index (χ4n) is 2.08. The highest BCUT2D eigenvalue weighted by atomic mass is 32.2. The van der Waals surface area contributed by atoms with Crippen LogP contribution in [0.3, 0.4) is 0 Å². The van der Waals surface area contributed by atoms with Crippen molar-refractivity contribution in [3.63, 3.8) is 0 Å². The molecule has 0 aromatic heterocycles. The minimum absolute atomic E-state index is 0.117. The monoisotopic (exact) mass is 252 g/mol. The normalized spacial score (nSPS) is 34.9. The molecule has 3 atom stereocenters. The molecule has 0 aliphatic carbocycles. The van der Waals surface area contributed by atoms with Crippen molar-refractivity contribution in [2.45, 2.75) is 62.1 Å². The fourth-order valence-corrected chi connectivity index (χ4v) is 4.54. The summed E-state index contributed by atoms with van der Waals surface area (Å²) in [5.74, 6) is 0. The Morgan fingerprint density at radius 1 is 1.47 bits per heavy atom. The van der Waals surface area contributed by atoms with Crippen molar-refractivity contribution >= 4 is 19.4 Å². The van der Waals surface area contributed by atoms with Gasteiger partial charge in [0, 0.05) is 10.00 Å². The first kappa shape index (κ1) is 13.6. The molecule has 1 rings (SSSR count). The van der Waals surface area contributed by atoms with Gasteiger partial charge in [-0.25, -0.2) is 0 Å². The molecule has 3 nitrogen and oxygen atoms in total. The maximum absolute atomic E-state index is 11.5. The van der Waals surface area contributed by atoms with E-state index >= 15 is 0 Å². The third kappa shape index (κ3) is 2.44. The highest BCUT2D eigenvalue weighted by Crippen LogP contribution is 2.65. The summed E-state index contributed by atoms with van der Waals surface area (Å²) in [5, 5.41) is -0.305. The van der Waals surface area contributed by atoms with E-state index < -0.39 is 12.8 Å². The van der Waals surface area contributed by atoms with Gasteiger partial charge in [0.1, 0.15) is 0 Å². The van der Waals surface area contributed by atoms with Crippen LogP contribution in [-0.4, -0.2) is 24.9 Å². The average Bonchev–Trinajstić information content (AvgIpc) is 2.75. The van der Waals surface area contributed by atoms with Crippen molar-refractivity contribution in [1.29, 1.82) is 0 Å². The molecule has 1 aliphatic rings. The van der Waals surface area contributed by atoms with Crippen LogP contribution >= 0.6 is 19.4 Å². The fraction of sp³-hybridized carbons (Fsp3) is 1.00. The number of hydrogen-bond acceptors (Lipinski definition) is 2. The van der Waals surface area contributed by atoms with E-state index in [0.717, 1.165) is 6.42 Å². The zero-order valence-corrected chi connectivity index (χ0v) is 11.6. The molecule has 0 radical (unpaired) electrons. The standard InChI is InChI=1S/C10H21O3PS/c1-5-9(4,14(11,12)13)7-10(6-2)8(3)15-10/h8H,5-7H2,1-4H3,(H2,11,12,13)/t8-,9?,10?/m1/s1. The van der Waals surface area contributed by atoms with Crippen LogP contribution in [0.2, 0.25) is 0 Å². The Labute approximate surface area is 96.2 Å². The second-order valence-electron chi connectivity index (χ2n) is 4.75. The van der Waals surface area contributed by atoms with Crippen LogP contribution in [0.1, 0.15) is 47.0 Å². The summed E-state index contributed by atoms with van der Waals surface area (Å²) in [6.07, 6.45) is 2.16. The summed E-state index contributed by atoms with van der Waals surface area (Å²) >= 11 is 1.85. The van der Waals surface area contributed by atoms with E-state index in [1.807, 2.05) is 18.7 Å². The average molecular weight is 252 g/mol. The third-order valence-electron chi connectivity index (χ3n) is 3.84. The van der Waals surface area contributed by atoms with Crippen LogP contribution in [0.4, 0.5) is 0 Å². The predicted octanol–water partition coefficient (Wildman–Crippen LogP) is 3.01. The lowest BCUT2D eigenvalue weighted by molar-refractivity contribution is 0.308. The molecular formula is C10H21O3PS. The van der Waals surface area contributed by atoms with Crippen LogP contribution < -0.4 is 0 Å². The summed E-state index contributed by atoms with van der Waals surface area (Å²) in [6, 6.07) is 0. The SMILES string of the molecule is CCC1(CC(C)(CC)P(=O)(O)O)S[C@@H]1C. The predicted molar refractivity (Wildman–Crippen MR) is 65.4 cm³/mol. The number of thioether (sulfide) groups is 1. The molecule has 0 aromatic carbocycles. The highest BCUT2D eigenvalue weighted by molar-refractivity contribution is 8.08. The molecule has 1 fully saturated rings. The lowest BCUT2D eigenvalue weighted by atomic mass is 9.89. The molecule has 1 saturated heterocycles. The quantitative estimate of drug-likeness (QED) is 0.583. The van der Waals surface area contributed by atoms with E-state index in [9.17, 15) is 14.4 Å². The zero-order chi connectivity index (χ0) is 11.9. The van der Waals surface area contributed by atoms with Crippen LogP contribution in [0.5, 0.6) is 0 Å². The maximum Gasteiger partial charge on any atom is 0.331 e. The zero-order valence-electron chi connectivity index (χ0n) is 9.86. The molecule has 0 saturated carbocycles. The van der Waals surface area contributed by atoms with E-state index in [-0.39, 0.29) is 4.75 Å². The van der Waals surface area contributed by atoms with Crippen molar-refractivity contribution in [1.82, 2.24) is 0 Å². The Morgan fingerprint density at radius 3 is 2.13 bits per heavy atom. The van der Waals surface area contributed by atoms with E-state index in [0.29, 0.717) is 18.1 Å². The van der Waals surface area contributed by atoms with Gasteiger partial charge in [0.2, 0.25) is 0 Å². The molecule has 1 aliphatic heterocycles. The molecule has 15 heavy (non-hydrogen) atoms. The molecule has 0 spiro atoms. The van der Waals surface area contributed by atoms with E-state index in [1.165, 1.54) is 0 Å². The van der Waals surface area contributed by atoms with Crippen molar-refractivity contribution in [3.8, 4) is 0 Å². The molecule has 2 unspecified atom stereocenters. The Kier molecular flexibility index (Phi) is 3.68. The lowest BCUT2D eigenvalue weighted by Gasteiger charge is -2.32. The molecule has 5 heteroatoms. The van der Waals surface area contributed by atoms with Gasteiger partial charge in [0.05, 0.1) is 5.16 Å². The second-order valence-corrected chi connectivity index (χ2v) is 8.67. The number of hydrogen-bond donors (Lipinski definition) is 2. The van der Waals surface area contributed by atoms with Gasteiger partial charge in [0.25, 0.3) is 0 Å². The topological polar surface area (TPSA) is 57.5 Å². The first-order valence-corrected chi connectivity index (χ1v) is 7.93. The lowest BCUT2D eigenvalue weighted by Crippen LogP contribution is -2.31. The largest absolute Gasteiger partial charge is 0.331 e. The van der Waals surface area contributed by atoms with Crippen LogP contribution in [-0.2, 0) is 4.57 Å². The highest BCUT2D eigenvalue weighted by Gasteiger charge is 2.57. The van der Waals surface area contributed by atoms with Gasteiger partial charge in [0.15, 0.2) is 0 Å². The Morgan fingerprint density at radius 2 is 1.93 bits per heavy atom. The van der Waals surface area contributed by atoms with Crippen molar-refractivity contribution in [3.05, 3.63) is 0 Å². The van der Waals surface area contributed by atoms with Crippen LogP contribution in [0.15, 0.2) is 0 Å². The molecule has 0 amide bonds. The minimum Gasteiger partial charge on any atom is -0.324 e. The first-order chi connectivity index (χ1) is 6.71. The molecule has 1 heterocycles. The smallest absolute Gasteiger partial charge is 0.324 e. The third-order valence-corrected chi connectivity index (χ3v) is 7.53. The summed E-state index contributed by atoms with van der Waals surface area (Å²) in [7, 11) is -4.00. The molecule has 2 N–H and O–H groups in total. The first-order valence-electron chi connectivity index (χ1n) is 5.44. The molecule has 0 bridgehead atoms. The van der Waals surface area contributed by atoms with E-state index in [2.05, 4.69) is 13.8 Å². The summed E-state index contributed by atoms with van der Waals surface area (Å²) in [4.78, 5) is 18.8. The maximum atomic E-state index is 11.5. The Balaban J connectivity index is 2.83. The summed E-state index contributed by atoms with van der Waals surface area (Å²) in [5.41, 5.74) is 0. The van der Waals surface area contributed by atoms with Gasteiger partial charge >= 0.3 is 7.60 Å². The van der Waals surface area contributed by atoms with Crippen LogP contribution in [0.25, 0.3) is 0 Å². The van der Waals surface area contributed by atoms with Crippen LogP contribution in [0, 0.1) is 0 Å². The van der Waals surface area contributed by atoms with Gasteiger partial charge in [-0.15, -0.1) is 11.8 Å². The molecular weight excluding hydrogens is 231 g/mol. The molecule has 90 valence electrons. The van der Waals surface area contributed by atoms with Crippen molar-refractivity contribution in [2.75, 3.05) is 0 Å². The molecule has 0 aromatic rings. The van der Waals surface area contributed by atoms with Gasteiger partial charge in [-0.1, -0.05) is 20.8 Å². The number of rotatable bonds is 5. The van der Waals surface area contributed by atoms with E-state index in [4.69, 9.17) is 0 Å². The second kappa shape index (κ2) is 4.06. The van der Waals surface area contributed by atoms with Gasteiger partial charge in [-0.3, -0.25) is 4.57 Å². The van der Waals surface area contributed by atoms with Gasteiger partial charge < -0.3 is 9.79 Å². The Bertz CT molecular complexity index is 286. The summed E-state index contributed by atoms with van der Waals surface area (Å²) in [6.45, 7) is 7.83. The van der Waals surface area contributed by atoms with Gasteiger partial charge in [-0.2, -0.15) is 0 Å². The van der Waals surface area contributed by atoms with Crippen molar-refractivity contribution in [2.24, 2.45) is 0 Å². The van der Waals surface area contributed by atoms with E-state index in [1.54, 1.807) is 6.92 Å². The van der Waals surface area contributed by atoms with Gasteiger partial charge in [-0.05, 0) is 26.2 Å². The van der Waals surface area contributed by atoms with Crippen molar-refractivity contribution < 1.29 is 14.4 Å². The Hall–Kier alpha value is 0.500. The minimum atomic E-state index is -4.00. The summed E-state index contributed by atoms with van der Waals surface area (Å²) < 4.78 is 11.6.